The Morgan fingerprint density at radius 2 is 1.83 bits per heavy atom. The highest BCUT2D eigenvalue weighted by Crippen LogP contribution is 2.26. The standard InChI is InChI=1S/C19H21NO3/c1-13-5-3-6-14(2)19(13)23-17-11-20(12-17)18(22)10-15-7-4-8-16(21)9-15/h3-9,17,21H,10-12H2,1-2H3. The van der Waals surface area contributed by atoms with Gasteiger partial charge in [-0.15, -0.1) is 0 Å². The Hall–Kier alpha value is -2.49. The first kappa shape index (κ1) is 15.4. The summed E-state index contributed by atoms with van der Waals surface area (Å²) in [5.74, 6) is 1.18. The van der Waals surface area contributed by atoms with E-state index in [0.29, 0.717) is 19.5 Å². The zero-order valence-corrected chi connectivity index (χ0v) is 13.5. The minimum absolute atomic E-state index is 0.0583. The molecule has 120 valence electrons. The first-order valence-corrected chi connectivity index (χ1v) is 7.81. The first-order valence-electron chi connectivity index (χ1n) is 7.81. The topological polar surface area (TPSA) is 49.8 Å². The molecule has 0 aromatic heterocycles. The van der Waals surface area contributed by atoms with Crippen molar-refractivity contribution in [3.63, 3.8) is 0 Å². The molecule has 0 spiro atoms. The maximum Gasteiger partial charge on any atom is 0.227 e. The summed E-state index contributed by atoms with van der Waals surface area (Å²) in [5.41, 5.74) is 3.07. The Morgan fingerprint density at radius 3 is 2.48 bits per heavy atom. The molecule has 3 rings (SSSR count). The van der Waals surface area contributed by atoms with Crippen molar-refractivity contribution >= 4 is 5.91 Å². The zero-order chi connectivity index (χ0) is 16.4. The SMILES string of the molecule is Cc1cccc(C)c1OC1CN(C(=O)Cc2cccc(O)c2)C1. The number of phenolic OH excluding ortho intramolecular Hbond substituents is 1. The third-order valence-electron chi connectivity index (χ3n) is 4.16. The summed E-state index contributed by atoms with van der Waals surface area (Å²) >= 11 is 0. The van der Waals surface area contributed by atoms with Crippen molar-refractivity contribution in [1.29, 1.82) is 0 Å². The number of carbonyl (C=O) groups excluding carboxylic acids is 1. The molecule has 23 heavy (non-hydrogen) atoms. The van der Waals surface area contributed by atoms with Crippen LogP contribution in [0.25, 0.3) is 0 Å². The number of nitrogens with zero attached hydrogens (tertiary/aromatic N) is 1. The fourth-order valence-corrected chi connectivity index (χ4v) is 2.82. The van der Waals surface area contributed by atoms with Gasteiger partial charge in [0.25, 0.3) is 0 Å². The first-order chi connectivity index (χ1) is 11.0. The van der Waals surface area contributed by atoms with E-state index in [9.17, 15) is 9.90 Å². The van der Waals surface area contributed by atoms with Gasteiger partial charge in [0, 0.05) is 0 Å². The van der Waals surface area contributed by atoms with Gasteiger partial charge < -0.3 is 14.7 Å². The summed E-state index contributed by atoms with van der Waals surface area (Å²) in [7, 11) is 0. The maximum atomic E-state index is 12.2. The summed E-state index contributed by atoms with van der Waals surface area (Å²) in [4.78, 5) is 14.0. The number of carbonyl (C=O) groups is 1. The molecule has 0 unspecified atom stereocenters. The van der Waals surface area contributed by atoms with Crippen LogP contribution in [0.4, 0.5) is 0 Å². The van der Waals surface area contributed by atoms with Crippen LogP contribution in [-0.4, -0.2) is 35.1 Å². The third kappa shape index (κ3) is 3.47. The average molecular weight is 311 g/mol. The van der Waals surface area contributed by atoms with E-state index in [1.165, 1.54) is 0 Å². The number of aryl methyl sites for hydroxylation is 2. The number of hydrogen-bond acceptors (Lipinski definition) is 3. The molecule has 0 radical (unpaired) electrons. The number of likely N-dealkylation sites (tertiary alicyclic amines) is 1. The number of para-hydroxylation sites is 1. The smallest absolute Gasteiger partial charge is 0.227 e. The highest BCUT2D eigenvalue weighted by atomic mass is 16.5. The fraction of sp³-hybridized carbons (Fsp3) is 0.316. The summed E-state index contributed by atoms with van der Waals surface area (Å²) in [6.07, 6.45) is 0.368. The molecule has 0 bridgehead atoms. The Morgan fingerprint density at radius 1 is 1.17 bits per heavy atom. The van der Waals surface area contributed by atoms with E-state index in [1.54, 1.807) is 23.1 Å². The van der Waals surface area contributed by atoms with Crippen molar-refractivity contribution < 1.29 is 14.6 Å². The van der Waals surface area contributed by atoms with E-state index in [2.05, 4.69) is 0 Å². The van der Waals surface area contributed by atoms with E-state index < -0.39 is 0 Å². The molecule has 1 amide bonds. The molecule has 4 heteroatoms. The molecule has 2 aromatic rings. The van der Waals surface area contributed by atoms with Gasteiger partial charge in [-0.1, -0.05) is 30.3 Å². The molecule has 1 aliphatic heterocycles. The Balaban J connectivity index is 1.54. The molecule has 1 fully saturated rings. The van der Waals surface area contributed by atoms with Crippen molar-refractivity contribution in [2.75, 3.05) is 13.1 Å². The van der Waals surface area contributed by atoms with E-state index >= 15 is 0 Å². The summed E-state index contributed by atoms with van der Waals surface area (Å²) in [6, 6.07) is 12.9. The van der Waals surface area contributed by atoms with Crippen molar-refractivity contribution in [1.82, 2.24) is 4.90 Å². The van der Waals surface area contributed by atoms with Gasteiger partial charge in [-0.2, -0.15) is 0 Å². The van der Waals surface area contributed by atoms with Gasteiger partial charge in [0.1, 0.15) is 17.6 Å². The molecule has 0 aliphatic carbocycles. The monoisotopic (exact) mass is 311 g/mol. The average Bonchev–Trinajstić information content (AvgIpc) is 2.44. The molecule has 1 N–H and O–H groups in total. The van der Waals surface area contributed by atoms with Gasteiger partial charge in [0.2, 0.25) is 5.91 Å². The maximum absolute atomic E-state index is 12.2. The van der Waals surface area contributed by atoms with E-state index in [4.69, 9.17) is 4.74 Å². The van der Waals surface area contributed by atoms with Crippen LogP contribution in [0.15, 0.2) is 42.5 Å². The number of aromatic hydroxyl groups is 1. The van der Waals surface area contributed by atoms with Crippen LogP contribution >= 0.6 is 0 Å². The van der Waals surface area contributed by atoms with Gasteiger partial charge in [0.05, 0.1) is 19.5 Å². The van der Waals surface area contributed by atoms with Gasteiger partial charge in [0.15, 0.2) is 0 Å². The minimum atomic E-state index is 0.0583. The Bertz CT molecular complexity index is 700. The van der Waals surface area contributed by atoms with Crippen LogP contribution < -0.4 is 4.74 Å². The molecule has 0 atom stereocenters. The predicted octanol–water partition coefficient (Wildman–Crippen LogP) is 2.84. The molecule has 2 aromatic carbocycles. The number of hydrogen-bond donors (Lipinski definition) is 1. The highest BCUT2D eigenvalue weighted by Gasteiger charge is 2.32. The molecule has 1 aliphatic rings. The lowest BCUT2D eigenvalue weighted by Gasteiger charge is -2.39. The molecular weight excluding hydrogens is 290 g/mol. The van der Waals surface area contributed by atoms with E-state index in [1.807, 2.05) is 38.1 Å². The molecule has 0 saturated carbocycles. The second-order valence-electron chi connectivity index (χ2n) is 6.11. The second kappa shape index (κ2) is 6.32. The van der Waals surface area contributed by atoms with Crippen molar-refractivity contribution in [2.45, 2.75) is 26.4 Å². The summed E-state index contributed by atoms with van der Waals surface area (Å²) in [5, 5.41) is 9.45. The van der Waals surface area contributed by atoms with Crippen molar-refractivity contribution in [3.05, 3.63) is 59.2 Å². The van der Waals surface area contributed by atoms with Crippen molar-refractivity contribution in [2.24, 2.45) is 0 Å². The normalized spacial score (nSPS) is 14.4. The van der Waals surface area contributed by atoms with Crippen LogP contribution in [0.1, 0.15) is 16.7 Å². The number of amides is 1. The Labute approximate surface area is 136 Å². The zero-order valence-electron chi connectivity index (χ0n) is 13.5. The molecule has 1 saturated heterocycles. The van der Waals surface area contributed by atoms with Gasteiger partial charge in [-0.3, -0.25) is 4.79 Å². The fourth-order valence-electron chi connectivity index (χ4n) is 2.82. The van der Waals surface area contributed by atoms with Crippen LogP contribution in [0.5, 0.6) is 11.5 Å². The lowest BCUT2D eigenvalue weighted by molar-refractivity contribution is -0.139. The van der Waals surface area contributed by atoms with Gasteiger partial charge >= 0.3 is 0 Å². The highest BCUT2D eigenvalue weighted by molar-refractivity contribution is 5.79. The second-order valence-corrected chi connectivity index (χ2v) is 6.11. The van der Waals surface area contributed by atoms with Crippen LogP contribution in [0, 0.1) is 13.8 Å². The van der Waals surface area contributed by atoms with Gasteiger partial charge in [-0.25, -0.2) is 0 Å². The number of phenols is 1. The predicted molar refractivity (Wildman–Crippen MR) is 88.7 cm³/mol. The lowest BCUT2D eigenvalue weighted by atomic mass is 10.1. The van der Waals surface area contributed by atoms with Crippen LogP contribution in [-0.2, 0) is 11.2 Å². The summed E-state index contributed by atoms with van der Waals surface area (Å²) < 4.78 is 6.03. The van der Waals surface area contributed by atoms with Crippen LogP contribution in [0.3, 0.4) is 0 Å². The van der Waals surface area contributed by atoms with Gasteiger partial charge in [-0.05, 0) is 42.7 Å². The minimum Gasteiger partial charge on any atom is -0.508 e. The van der Waals surface area contributed by atoms with E-state index in [0.717, 1.165) is 22.4 Å². The number of rotatable bonds is 4. The molecule has 1 heterocycles. The third-order valence-corrected chi connectivity index (χ3v) is 4.16. The van der Waals surface area contributed by atoms with Crippen LogP contribution in [0.2, 0.25) is 0 Å². The van der Waals surface area contributed by atoms with E-state index in [-0.39, 0.29) is 17.8 Å². The quantitative estimate of drug-likeness (QED) is 0.944. The largest absolute Gasteiger partial charge is 0.508 e. The molecular formula is C19H21NO3. The van der Waals surface area contributed by atoms with Crippen molar-refractivity contribution in [3.8, 4) is 11.5 Å². The number of benzene rings is 2. The lowest BCUT2D eigenvalue weighted by Crippen LogP contribution is -2.56. The Kier molecular flexibility index (Phi) is 4.24. The number of ether oxygens (including phenoxy) is 1. The molecule has 4 nitrogen and oxygen atoms in total. The summed E-state index contributed by atoms with van der Waals surface area (Å²) in [6.45, 7) is 5.30.